The molecule has 0 bridgehead atoms. The van der Waals surface area contributed by atoms with Gasteiger partial charge in [0.1, 0.15) is 17.2 Å². The highest BCUT2D eigenvalue weighted by Crippen LogP contribution is 2.35. The van der Waals surface area contributed by atoms with E-state index in [1.54, 1.807) is 6.07 Å². The zero-order valence-corrected chi connectivity index (χ0v) is 14.6. The van der Waals surface area contributed by atoms with Gasteiger partial charge in [0.2, 0.25) is 0 Å². The highest BCUT2D eigenvalue weighted by molar-refractivity contribution is 5.97. The lowest BCUT2D eigenvalue weighted by molar-refractivity contribution is 0.0595. The number of carbonyl (C=O) groups excluding carboxylic acids is 1. The Morgan fingerprint density at radius 3 is 2.58 bits per heavy atom. The standard InChI is InChI=1S/C19H25NO4/c1-12(2)23-14-9-16-15(11-17(20-16)19(21)22-3)18(10-14)24-13-7-5-4-6-8-13/h9-13,20H,4-8H2,1-3H3. The summed E-state index contributed by atoms with van der Waals surface area (Å²) in [6.45, 7) is 3.97. The van der Waals surface area contributed by atoms with E-state index in [-0.39, 0.29) is 18.2 Å². The van der Waals surface area contributed by atoms with Crippen LogP contribution < -0.4 is 9.47 Å². The van der Waals surface area contributed by atoms with Gasteiger partial charge in [-0.3, -0.25) is 0 Å². The van der Waals surface area contributed by atoms with Crippen molar-refractivity contribution in [3.05, 3.63) is 23.9 Å². The summed E-state index contributed by atoms with van der Waals surface area (Å²) < 4.78 is 16.9. The van der Waals surface area contributed by atoms with Crippen molar-refractivity contribution in [2.24, 2.45) is 0 Å². The predicted molar refractivity (Wildman–Crippen MR) is 92.9 cm³/mol. The molecule has 1 aliphatic carbocycles. The van der Waals surface area contributed by atoms with E-state index in [9.17, 15) is 4.79 Å². The van der Waals surface area contributed by atoms with Crippen LogP contribution in [-0.4, -0.2) is 30.3 Å². The van der Waals surface area contributed by atoms with Crippen LogP contribution >= 0.6 is 0 Å². The highest BCUT2D eigenvalue weighted by Gasteiger charge is 2.19. The van der Waals surface area contributed by atoms with Crippen LogP contribution in [0.15, 0.2) is 18.2 Å². The Morgan fingerprint density at radius 1 is 1.17 bits per heavy atom. The van der Waals surface area contributed by atoms with E-state index in [1.807, 2.05) is 26.0 Å². The summed E-state index contributed by atoms with van der Waals surface area (Å²) in [4.78, 5) is 14.9. The van der Waals surface area contributed by atoms with Gasteiger partial charge in [-0.15, -0.1) is 0 Å². The average Bonchev–Trinajstić information content (AvgIpc) is 2.99. The largest absolute Gasteiger partial charge is 0.491 e. The summed E-state index contributed by atoms with van der Waals surface area (Å²) >= 11 is 0. The molecule has 1 saturated carbocycles. The molecule has 0 atom stereocenters. The molecule has 1 N–H and O–H groups in total. The second-order valence-corrected chi connectivity index (χ2v) is 6.60. The van der Waals surface area contributed by atoms with Crippen molar-refractivity contribution in [3.8, 4) is 11.5 Å². The lowest BCUT2D eigenvalue weighted by atomic mass is 9.98. The quantitative estimate of drug-likeness (QED) is 0.822. The van der Waals surface area contributed by atoms with Crippen molar-refractivity contribution >= 4 is 16.9 Å². The lowest BCUT2D eigenvalue weighted by Crippen LogP contribution is -2.19. The fraction of sp³-hybridized carbons (Fsp3) is 0.526. The van der Waals surface area contributed by atoms with Crippen LogP contribution in [0.25, 0.3) is 10.9 Å². The van der Waals surface area contributed by atoms with E-state index in [4.69, 9.17) is 14.2 Å². The average molecular weight is 331 g/mol. The smallest absolute Gasteiger partial charge is 0.354 e. The molecule has 0 saturated heterocycles. The number of H-pyrrole nitrogens is 1. The monoisotopic (exact) mass is 331 g/mol. The first-order valence-corrected chi connectivity index (χ1v) is 8.65. The second-order valence-electron chi connectivity index (χ2n) is 6.60. The van der Waals surface area contributed by atoms with Gasteiger partial charge >= 0.3 is 5.97 Å². The molecular formula is C19H25NO4. The molecule has 24 heavy (non-hydrogen) atoms. The molecular weight excluding hydrogens is 306 g/mol. The molecule has 1 aromatic heterocycles. The van der Waals surface area contributed by atoms with Crippen molar-refractivity contribution in [2.75, 3.05) is 7.11 Å². The first-order chi connectivity index (χ1) is 11.6. The van der Waals surface area contributed by atoms with Crippen LogP contribution in [0.4, 0.5) is 0 Å². The Hall–Kier alpha value is -2.17. The molecule has 1 fully saturated rings. The van der Waals surface area contributed by atoms with Crippen LogP contribution in [0, 0.1) is 0 Å². The molecule has 0 radical (unpaired) electrons. The SMILES string of the molecule is COC(=O)c1cc2c(OC3CCCCC3)cc(OC(C)C)cc2[nH]1. The summed E-state index contributed by atoms with van der Waals surface area (Å²) in [7, 11) is 1.38. The van der Waals surface area contributed by atoms with Gasteiger partial charge in [-0.25, -0.2) is 4.79 Å². The van der Waals surface area contributed by atoms with Crippen LogP contribution in [0.2, 0.25) is 0 Å². The summed E-state index contributed by atoms with van der Waals surface area (Å²) in [5.74, 6) is 1.11. The van der Waals surface area contributed by atoms with E-state index >= 15 is 0 Å². The van der Waals surface area contributed by atoms with Gasteiger partial charge in [0.25, 0.3) is 0 Å². The van der Waals surface area contributed by atoms with E-state index in [0.29, 0.717) is 5.69 Å². The van der Waals surface area contributed by atoms with Gasteiger partial charge in [0.05, 0.1) is 24.8 Å². The van der Waals surface area contributed by atoms with Crippen LogP contribution in [0.3, 0.4) is 0 Å². The van der Waals surface area contributed by atoms with E-state index in [1.165, 1.54) is 26.4 Å². The number of methoxy groups -OCH3 is 1. The van der Waals surface area contributed by atoms with E-state index < -0.39 is 0 Å². The normalized spacial score (nSPS) is 15.7. The highest BCUT2D eigenvalue weighted by atomic mass is 16.5. The molecule has 5 nitrogen and oxygen atoms in total. The van der Waals surface area contributed by atoms with Crippen molar-refractivity contribution in [1.82, 2.24) is 4.98 Å². The maximum absolute atomic E-state index is 11.8. The van der Waals surface area contributed by atoms with Crippen molar-refractivity contribution in [1.29, 1.82) is 0 Å². The molecule has 5 heteroatoms. The van der Waals surface area contributed by atoms with E-state index in [2.05, 4.69) is 4.98 Å². The summed E-state index contributed by atoms with van der Waals surface area (Å²) in [6, 6.07) is 5.61. The van der Waals surface area contributed by atoms with Crippen LogP contribution in [0.1, 0.15) is 56.4 Å². The molecule has 0 spiro atoms. The first kappa shape index (κ1) is 16.7. The van der Waals surface area contributed by atoms with Crippen molar-refractivity contribution in [2.45, 2.75) is 58.2 Å². The first-order valence-electron chi connectivity index (χ1n) is 8.65. The molecule has 3 rings (SSSR count). The Morgan fingerprint density at radius 2 is 1.92 bits per heavy atom. The van der Waals surface area contributed by atoms with Gasteiger partial charge in [0, 0.05) is 17.5 Å². The number of aromatic nitrogens is 1. The summed E-state index contributed by atoms with van der Waals surface area (Å²) in [5, 5.41) is 0.886. The Bertz CT molecular complexity index is 713. The molecule has 0 amide bonds. The lowest BCUT2D eigenvalue weighted by Gasteiger charge is -2.24. The maximum atomic E-state index is 11.8. The molecule has 1 heterocycles. The maximum Gasteiger partial charge on any atom is 0.354 e. The number of hydrogen-bond donors (Lipinski definition) is 1. The summed E-state index contributed by atoms with van der Waals surface area (Å²) in [6.07, 6.45) is 6.14. The number of rotatable bonds is 5. The van der Waals surface area contributed by atoms with Crippen LogP contribution in [-0.2, 0) is 4.74 Å². The van der Waals surface area contributed by atoms with Crippen LogP contribution in [0.5, 0.6) is 11.5 Å². The number of hydrogen-bond acceptors (Lipinski definition) is 4. The third-order valence-electron chi connectivity index (χ3n) is 4.30. The third-order valence-corrected chi connectivity index (χ3v) is 4.30. The van der Waals surface area contributed by atoms with Gasteiger partial charge in [0.15, 0.2) is 0 Å². The van der Waals surface area contributed by atoms with Gasteiger partial charge in [-0.2, -0.15) is 0 Å². The molecule has 2 aromatic rings. The Kier molecular flexibility index (Phi) is 4.97. The summed E-state index contributed by atoms with van der Waals surface area (Å²) in [5.41, 5.74) is 1.24. The number of ether oxygens (including phenoxy) is 3. The number of carbonyl (C=O) groups is 1. The topological polar surface area (TPSA) is 60.6 Å². The predicted octanol–water partition coefficient (Wildman–Crippen LogP) is 4.45. The molecule has 0 unspecified atom stereocenters. The minimum Gasteiger partial charge on any atom is -0.491 e. The van der Waals surface area contributed by atoms with Gasteiger partial charge < -0.3 is 19.2 Å². The molecule has 130 valence electrons. The fourth-order valence-electron chi connectivity index (χ4n) is 3.20. The number of nitrogens with one attached hydrogen (secondary N) is 1. The Labute approximate surface area is 142 Å². The molecule has 1 aromatic carbocycles. The number of aromatic amines is 1. The minimum atomic E-state index is -0.388. The second kappa shape index (κ2) is 7.16. The zero-order chi connectivity index (χ0) is 17.1. The third kappa shape index (κ3) is 3.66. The van der Waals surface area contributed by atoms with Gasteiger partial charge in [-0.1, -0.05) is 6.42 Å². The fourth-order valence-corrected chi connectivity index (χ4v) is 3.20. The Balaban J connectivity index is 1.98. The zero-order valence-electron chi connectivity index (χ0n) is 14.6. The minimum absolute atomic E-state index is 0.0695. The number of benzene rings is 1. The van der Waals surface area contributed by atoms with Crippen molar-refractivity contribution in [3.63, 3.8) is 0 Å². The number of fused-ring (bicyclic) bond motifs is 1. The molecule has 1 aliphatic rings. The number of esters is 1. The van der Waals surface area contributed by atoms with Crippen molar-refractivity contribution < 1.29 is 19.0 Å². The van der Waals surface area contributed by atoms with E-state index in [0.717, 1.165) is 35.2 Å². The molecule has 0 aliphatic heterocycles. The van der Waals surface area contributed by atoms with Gasteiger partial charge in [-0.05, 0) is 45.6 Å².